The molecule has 1 aliphatic carbocycles. The third kappa shape index (κ3) is 4.25. The second-order valence-corrected chi connectivity index (χ2v) is 7.39. The highest BCUT2D eigenvalue weighted by Crippen LogP contribution is 2.24. The summed E-state index contributed by atoms with van der Waals surface area (Å²) < 4.78 is 24.7. The maximum Gasteiger partial charge on any atom is 0.254 e. The van der Waals surface area contributed by atoms with Gasteiger partial charge in [0.1, 0.15) is 0 Å². The fraction of sp³-hybridized carbons (Fsp3) is 0.500. The first-order chi connectivity index (χ1) is 8.88. The second-order valence-electron chi connectivity index (χ2n) is 4.91. The molecule has 106 valence electrons. The van der Waals surface area contributed by atoms with Crippen molar-refractivity contribution in [1.82, 2.24) is 15.2 Å². The minimum atomic E-state index is -3.52. The lowest BCUT2D eigenvalue weighted by molar-refractivity contribution is 0.364. The molecule has 0 aliphatic heterocycles. The zero-order valence-corrected chi connectivity index (χ0v) is 13.4. The topological polar surface area (TPSA) is 61.4 Å². The average Bonchev–Trinajstić information content (AvgIpc) is 3.07. The fourth-order valence-electron chi connectivity index (χ4n) is 1.71. The van der Waals surface area contributed by atoms with Crippen LogP contribution in [0.4, 0.5) is 0 Å². The Labute approximate surface area is 122 Å². The SMILES string of the molecule is CN(C)NS(=O)(=O)c1ccc(CNC2CC2)cc1Br. The van der Waals surface area contributed by atoms with Crippen molar-refractivity contribution in [2.24, 2.45) is 0 Å². The van der Waals surface area contributed by atoms with Gasteiger partial charge in [-0.3, -0.25) is 0 Å². The molecule has 0 atom stereocenters. The fourth-order valence-corrected chi connectivity index (χ4v) is 3.92. The Morgan fingerprint density at radius 2 is 2.05 bits per heavy atom. The number of hydrogen-bond donors (Lipinski definition) is 2. The Hall–Kier alpha value is -0.470. The van der Waals surface area contributed by atoms with Crippen molar-refractivity contribution in [3.8, 4) is 0 Å². The van der Waals surface area contributed by atoms with E-state index in [2.05, 4.69) is 26.1 Å². The lowest BCUT2D eigenvalue weighted by atomic mass is 10.2. The van der Waals surface area contributed by atoms with Gasteiger partial charge in [0, 0.05) is 31.2 Å². The van der Waals surface area contributed by atoms with E-state index in [1.165, 1.54) is 17.9 Å². The van der Waals surface area contributed by atoms with Crippen LogP contribution in [0.3, 0.4) is 0 Å². The lowest BCUT2D eigenvalue weighted by Gasteiger charge is -2.14. The molecule has 0 amide bonds. The molecule has 0 radical (unpaired) electrons. The van der Waals surface area contributed by atoms with Gasteiger partial charge in [0.05, 0.1) is 4.90 Å². The van der Waals surface area contributed by atoms with Crippen LogP contribution in [0.15, 0.2) is 27.6 Å². The summed E-state index contributed by atoms with van der Waals surface area (Å²) in [4.78, 5) is 2.66. The molecule has 7 heteroatoms. The van der Waals surface area contributed by atoms with Crippen molar-refractivity contribution >= 4 is 26.0 Å². The van der Waals surface area contributed by atoms with E-state index in [-0.39, 0.29) is 4.90 Å². The van der Waals surface area contributed by atoms with Crippen LogP contribution < -0.4 is 10.1 Å². The van der Waals surface area contributed by atoms with Crippen LogP contribution in [0.5, 0.6) is 0 Å². The summed E-state index contributed by atoms with van der Waals surface area (Å²) >= 11 is 3.33. The van der Waals surface area contributed by atoms with E-state index in [1.807, 2.05) is 12.1 Å². The summed E-state index contributed by atoms with van der Waals surface area (Å²) in [7, 11) is -0.241. The van der Waals surface area contributed by atoms with Crippen molar-refractivity contribution in [1.29, 1.82) is 0 Å². The van der Waals surface area contributed by atoms with E-state index >= 15 is 0 Å². The molecular weight excluding hydrogens is 330 g/mol. The highest BCUT2D eigenvalue weighted by atomic mass is 79.9. The molecule has 0 heterocycles. The average molecular weight is 348 g/mol. The smallest absolute Gasteiger partial charge is 0.254 e. The van der Waals surface area contributed by atoms with Crippen LogP contribution in [0.25, 0.3) is 0 Å². The van der Waals surface area contributed by atoms with Crippen LogP contribution >= 0.6 is 15.9 Å². The predicted octanol–water partition coefficient (Wildman–Crippen LogP) is 1.46. The van der Waals surface area contributed by atoms with E-state index < -0.39 is 10.0 Å². The van der Waals surface area contributed by atoms with Crippen LogP contribution in [0, 0.1) is 0 Å². The first-order valence-electron chi connectivity index (χ1n) is 6.10. The molecule has 0 bridgehead atoms. The quantitative estimate of drug-likeness (QED) is 0.764. The van der Waals surface area contributed by atoms with E-state index in [4.69, 9.17) is 0 Å². The highest BCUT2D eigenvalue weighted by molar-refractivity contribution is 9.10. The highest BCUT2D eigenvalue weighted by Gasteiger charge is 2.21. The molecule has 2 N–H and O–H groups in total. The molecule has 0 aromatic heterocycles. The summed E-state index contributed by atoms with van der Waals surface area (Å²) in [5.41, 5.74) is 1.07. The summed E-state index contributed by atoms with van der Waals surface area (Å²) in [6.45, 7) is 0.769. The second kappa shape index (κ2) is 5.88. The summed E-state index contributed by atoms with van der Waals surface area (Å²) in [5, 5.41) is 4.80. The number of hydrogen-bond acceptors (Lipinski definition) is 4. The van der Waals surface area contributed by atoms with Gasteiger partial charge >= 0.3 is 0 Å². The van der Waals surface area contributed by atoms with Gasteiger partial charge in [-0.25, -0.2) is 13.4 Å². The lowest BCUT2D eigenvalue weighted by Crippen LogP contribution is -2.36. The molecule has 0 unspecified atom stereocenters. The Morgan fingerprint density at radius 1 is 1.37 bits per heavy atom. The van der Waals surface area contributed by atoms with Gasteiger partial charge in [0.25, 0.3) is 10.0 Å². The Kier molecular flexibility index (Phi) is 4.62. The zero-order valence-electron chi connectivity index (χ0n) is 11.0. The van der Waals surface area contributed by atoms with E-state index in [0.29, 0.717) is 10.5 Å². The summed E-state index contributed by atoms with van der Waals surface area (Å²) in [6, 6.07) is 5.95. The first kappa shape index (κ1) is 14.9. The van der Waals surface area contributed by atoms with Gasteiger partial charge in [0.2, 0.25) is 0 Å². The van der Waals surface area contributed by atoms with Gasteiger partial charge < -0.3 is 5.32 Å². The predicted molar refractivity (Wildman–Crippen MR) is 78.0 cm³/mol. The molecule has 0 spiro atoms. The summed E-state index contributed by atoms with van der Waals surface area (Å²) in [6.07, 6.45) is 2.47. The van der Waals surface area contributed by atoms with Gasteiger partial charge in [-0.2, -0.15) is 0 Å². The Morgan fingerprint density at radius 3 is 2.58 bits per heavy atom. The number of hydrazine groups is 1. The van der Waals surface area contributed by atoms with Crippen molar-refractivity contribution in [3.63, 3.8) is 0 Å². The monoisotopic (exact) mass is 347 g/mol. The van der Waals surface area contributed by atoms with Crippen molar-refractivity contribution < 1.29 is 8.42 Å². The largest absolute Gasteiger partial charge is 0.310 e. The van der Waals surface area contributed by atoms with Crippen molar-refractivity contribution in [2.75, 3.05) is 14.1 Å². The van der Waals surface area contributed by atoms with Crippen LogP contribution in [0.2, 0.25) is 0 Å². The molecule has 1 aromatic carbocycles. The molecule has 1 aliphatic rings. The third-order valence-corrected chi connectivity index (χ3v) is 5.22. The Balaban J connectivity index is 2.13. The van der Waals surface area contributed by atoms with Gasteiger partial charge in [0.15, 0.2) is 0 Å². The van der Waals surface area contributed by atoms with E-state index in [0.717, 1.165) is 12.1 Å². The molecule has 1 fully saturated rings. The standard InChI is InChI=1S/C12H18BrN3O2S/c1-16(2)15-19(17,18)12-6-3-9(7-11(12)13)8-14-10-4-5-10/h3,6-7,10,14-15H,4-5,8H2,1-2H3. The third-order valence-electron chi connectivity index (χ3n) is 2.76. The summed E-state index contributed by atoms with van der Waals surface area (Å²) in [5.74, 6) is 0. The van der Waals surface area contributed by atoms with E-state index in [9.17, 15) is 8.42 Å². The van der Waals surface area contributed by atoms with Crippen molar-refractivity contribution in [3.05, 3.63) is 28.2 Å². The molecule has 1 aromatic rings. The maximum atomic E-state index is 12.1. The molecule has 5 nitrogen and oxygen atoms in total. The number of halogens is 1. The maximum absolute atomic E-state index is 12.1. The minimum absolute atomic E-state index is 0.247. The van der Waals surface area contributed by atoms with Gasteiger partial charge in [-0.05, 0) is 46.5 Å². The number of nitrogens with one attached hydrogen (secondary N) is 2. The minimum Gasteiger partial charge on any atom is -0.310 e. The molecule has 19 heavy (non-hydrogen) atoms. The number of nitrogens with zero attached hydrogens (tertiary/aromatic N) is 1. The first-order valence-corrected chi connectivity index (χ1v) is 8.38. The number of sulfonamides is 1. The van der Waals surface area contributed by atoms with Gasteiger partial charge in [-0.15, -0.1) is 4.83 Å². The number of rotatable bonds is 6. The molecular formula is C12H18BrN3O2S. The normalized spacial score (nSPS) is 16.0. The van der Waals surface area contributed by atoms with Crippen LogP contribution in [-0.2, 0) is 16.6 Å². The van der Waals surface area contributed by atoms with Gasteiger partial charge in [-0.1, -0.05) is 6.07 Å². The van der Waals surface area contributed by atoms with Crippen LogP contribution in [-0.4, -0.2) is 33.6 Å². The molecule has 0 saturated heterocycles. The van der Waals surface area contributed by atoms with E-state index in [1.54, 1.807) is 20.2 Å². The Bertz CT molecular complexity index is 556. The molecule has 1 saturated carbocycles. The van der Waals surface area contributed by atoms with Crippen molar-refractivity contribution in [2.45, 2.75) is 30.3 Å². The number of benzene rings is 1. The van der Waals surface area contributed by atoms with Crippen LogP contribution in [0.1, 0.15) is 18.4 Å². The molecule has 2 rings (SSSR count). The zero-order chi connectivity index (χ0) is 14.0.